The third-order valence-corrected chi connectivity index (χ3v) is 5.99. The Labute approximate surface area is 180 Å². The first-order valence-electron chi connectivity index (χ1n) is 9.74. The summed E-state index contributed by atoms with van der Waals surface area (Å²) in [6.45, 7) is 4.41. The average molecular weight is 436 g/mol. The lowest BCUT2D eigenvalue weighted by Crippen LogP contribution is -2.40. The topological polar surface area (TPSA) is 72.3 Å². The van der Waals surface area contributed by atoms with Crippen molar-refractivity contribution >= 4 is 36.0 Å². The molecule has 29 heavy (non-hydrogen) atoms. The van der Waals surface area contributed by atoms with Gasteiger partial charge in [0.25, 0.3) is 5.91 Å². The third kappa shape index (κ3) is 3.86. The molecule has 7 nitrogen and oxygen atoms in total. The second kappa shape index (κ2) is 8.34. The highest BCUT2D eigenvalue weighted by molar-refractivity contribution is 6.30. The number of carbonyl (C=O) groups excluding carboxylic acids is 1. The number of fused-ring (bicyclic) bond motifs is 2. The fourth-order valence-electron chi connectivity index (χ4n) is 4.23. The molecule has 1 amide bonds. The Morgan fingerprint density at radius 3 is 2.86 bits per heavy atom. The van der Waals surface area contributed by atoms with E-state index in [0.717, 1.165) is 68.5 Å². The molecule has 154 valence electrons. The van der Waals surface area contributed by atoms with Gasteiger partial charge in [-0.15, -0.1) is 22.6 Å². The molecule has 3 aliphatic rings. The number of nitrogens with one attached hydrogen (secondary N) is 1. The van der Waals surface area contributed by atoms with Crippen LogP contribution in [-0.2, 0) is 17.9 Å². The standard InChI is InChI=1S/C20H22ClN5O2.ClH/c21-16-1-2-17-14(10-16)9-15(12-28-17)20(27)25-6-3-13(4-7-25)19-24-23-18-11-22-5-8-26(18)19;/h1-2,9-10,13,22H,3-8,11-12H2;1H. The predicted molar refractivity (Wildman–Crippen MR) is 112 cm³/mol. The quantitative estimate of drug-likeness (QED) is 0.784. The van der Waals surface area contributed by atoms with Crippen LogP contribution in [0.25, 0.3) is 6.08 Å². The normalized spacial score (nSPS) is 18.8. The SMILES string of the molecule is Cl.O=C(C1=Cc2cc(Cl)ccc2OC1)N1CCC(c2nnc3n2CCNC3)CC1. The summed E-state index contributed by atoms with van der Waals surface area (Å²) in [5.74, 6) is 3.27. The van der Waals surface area contributed by atoms with Crippen molar-refractivity contribution in [1.82, 2.24) is 25.0 Å². The van der Waals surface area contributed by atoms with Gasteiger partial charge in [0, 0.05) is 42.7 Å². The summed E-state index contributed by atoms with van der Waals surface area (Å²) in [5.41, 5.74) is 1.54. The summed E-state index contributed by atoms with van der Waals surface area (Å²) < 4.78 is 7.99. The van der Waals surface area contributed by atoms with E-state index < -0.39 is 0 Å². The van der Waals surface area contributed by atoms with Crippen LogP contribution in [0.4, 0.5) is 0 Å². The van der Waals surface area contributed by atoms with Crippen molar-refractivity contribution in [2.24, 2.45) is 0 Å². The minimum absolute atomic E-state index is 0. The Morgan fingerprint density at radius 2 is 2.03 bits per heavy atom. The molecule has 3 aliphatic heterocycles. The van der Waals surface area contributed by atoms with Crippen molar-refractivity contribution in [3.63, 3.8) is 0 Å². The van der Waals surface area contributed by atoms with E-state index in [1.807, 2.05) is 23.1 Å². The highest BCUT2D eigenvalue weighted by atomic mass is 35.5. The van der Waals surface area contributed by atoms with E-state index in [0.29, 0.717) is 23.1 Å². The Bertz CT molecular complexity index is 950. The van der Waals surface area contributed by atoms with Crippen molar-refractivity contribution in [1.29, 1.82) is 0 Å². The van der Waals surface area contributed by atoms with E-state index in [-0.39, 0.29) is 18.3 Å². The molecule has 0 atom stereocenters. The summed E-state index contributed by atoms with van der Waals surface area (Å²) in [7, 11) is 0. The van der Waals surface area contributed by atoms with E-state index in [2.05, 4.69) is 20.1 Å². The lowest BCUT2D eigenvalue weighted by molar-refractivity contribution is -0.128. The molecule has 1 aromatic heterocycles. The van der Waals surface area contributed by atoms with Crippen molar-refractivity contribution < 1.29 is 9.53 Å². The van der Waals surface area contributed by atoms with Gasteiger partial charge in [0.1, 0.15) is 24.0 Å². The summed E-state index contributed by atoms with van der Waals surface area (Å²) >= 11 is 6.07. The maximum atomic E-state index is 13.0. The monoisotopic (exact) mass is 435 g/mol. The zero-order chi connectivity index (χ0) is 19.1. The Hall–Kier alpha value is -2.09. The van der Waals surface area contributed by atoms with E-state index in [1.54, 1.807) is 6.07 Å². The molecule has 0 aliphatic carbocycles. The second-order valence-electron chi connectivity index (χ2n) is 7.51. The molecule has 9 heteroatoms. The minimum Gasteiger partial charge on any atom is -0.488 e. The maximum Gasteiger partial charge on any atom is 0.253 e. The predicted octanol–water partition coefficient (Wildman–Crippen LogP) is 2.64. The van der Waals surface area contributed by atoms with Crippen LogP contribution in [0.15, 0.2) is 23.8 Å². The highest BCUT2D eigenvalue weighted by Gasteiger charge is 2.30. The van der Waals surface area contributed by atoms with Gasteiger partial charge >= 0.3 is 0 Å². The Kier molecular flexibility index (Phi) is 5.81. The molecule has 1 N–H and O–H groups in total. The third-order valence-electron chi connectivity index (χ3n) is 5.76. The van der Waals surface area contributed by atoms with Gasteiger partial charge in [-0.1, -0.05) is 11.6 Å². The summed E-state index contributed by atoms with van der Waals surface area (Å²) in [6.07, 6.45) is 3.72. The number of rotatable bonds is 2. The molecule has 1 aromatic carbocycles. The van der Waals surface area contributed by atoms with Gasteiger partial charge in [0.15, 0.2) is 0 Å². The molecule has 0 spiro atoms. The number of aromatic nitrogens is 3. The summed E-state index contributed by atoms with van der Waals surface area (Å²) in [5, 5.41) is 12.7. The smallest absolute Gasteiger partial charge is 0.253 e. The van der Waals surface area contributed by atoms with Crippen LogP contribution >= 0.6 is 24.0 Å². The molecule has 4 heterocycles. The number of nitrogens with zero attached hydrogens (tertiary/aromatic N) is 4. The van der Waals surface area contributed by atoms with E-state index in [4.69, 9.17) is 16.3 Å². The lowest BCUT2D eigenvalue weighted by atomic mass is 9.95. The number of piperidine rings is 1. The highest BCUT2D eigenvalue weighted by Crippen LogP contribution is 2.32. The van der Waals surface area contributed by atoms with Crippen LogP contribution in [0.2, 0.25) is 5.02 Å². The minimum atomic E-state index is 0. The Morgan fingerprint density at radius 1 is 1.21 bits per heavy atom. The van der Waals surface area contributed by atoms with Crippen LogP contribution in [-0.4, -0.2) is 51.8 Å². The van der Waals surface area contributed by atoms with Gasteiger partial charge in [-0.2, -0.15) is 0 Å². The number of carbonyl (C=O) groups is 1. The van der Waals surface area contributed by atoms with Crippen molar-refractivity contribution in [3.8, 4) is 5.75 Å². The zero-order valence-electron chi connectivity index (χ0n) is 15.9. The Balaban J connectivity index is 0.00000205. The van der Waals surface area contributed by atoms with Gasteiger partial charge in [0.05, 0.1) is 12.1 Å². The van der Waals surface area contributed by atoms with Crippen LogP contribution in [0.3, 0.4) is 0 Å². The van der Waals surface area contributed by atoms with Gasteiger partial charge in [0.2, 0.25) is 0 Å². The van der Waals surface area contributed by atoms with Crippen LogP contribution in [0.5, 0.6) is 5.75 Å². The fourth-order valence-corrected chi connectivity index (χ4v) is 4.41. The molecule has 0 saturated carbocycles. The first kappa shape index (κ1) is 20.2. The number of amides is 1. The van der Waals surface area contributed by atoms with Gasteiger partial charge in [-0.3, -0.25) is 4.79 Å². The summed E-state index contributed by atoms with van der Waals surface area (Å²) in [6, 6.07) is 5.47. The number of likely N-dealkylation sites (tertiary alicyclic amines) is 1. The van der Waals surface area contributed by atoms with E-state index >= 15 is 0 Å². The van der Waals surface area contributed by atoms with Crippen LogP contribution in [0, 0.1) is 0 Å². The zero-order valence-corrected chi connectivity index (χ0v) is 17.5. The molecule has 2 aromatic rings. The second-order valence-corrected chi connectivity index (χ2v) is 7.95. The van der Waals surface area contributed by atoms with Crippen LogP contribution in [0.1, 0.15) is 36.0 Å². The largest absolute Gasteiger partial charge is 0.488 e. The maximum absolute atomic E-state index is 13.0. The molecule has 1 fully saturated rings. The van der Waals surface area contributed by atoms with Gasteiger partial charge < -0.3 is 19.5 Å². The molecular formula is C20H23Cl2N5O2. The van der Waals surface area contributed by atoms with Crippen molar-refractivity contribution in [2.75, 3.05) is 26.2 Å². The number of halogens is 2. The molecule has 0 radical (unpaired) electrons. The van der Waals surface area contributed by atoms with E-state index in [9.17, 15) is 4.79 Å². The average Bonchev–Trinajstić information content (AvgIpc) is 3.17. The van der Waals surface area contributed by atoms with Crippen LogP contribution < -0.4 is 10.1 Å². The van der Waals surface area contributed by atoms with Gasteiger partial charge in [-0.05, 0) is 37.1 Å². The van der Waals surface area contributed by atoms with E-state index in [1.165, 1.54) is 0 Å². The molecule has 1 saturated heterocycles. The number of hydrogen-bond donors (Lipinski definition) is 1. The first-order valence-corrected chi connectivity index (χ1v) is 10.1. The molecule has 0 bridgehead atoms. The molecule has 5 rings (SSSR count). The van der Waals surface area contributed by atoms with Gasteiger partial charge in [-0.25, -0.2) is 0 Å². The first-order chi connectivity index (χ1) is 13.7. The van der Waals surface area contributed by atoms with Crippen molar-refractivity contribution in [3.05, 3.63) is 46.0 Å². The van der Waals surface area contributed by atoms with Crippen molar-refractivity contribution in [2.45, 2.75) is 31.8 Å². The molecule has 0 unspecified atom stereocenters. The number of benzene rings is 1. The number of hydrogen-bond acceptors (Lipinski definition) is 5. The lowest BCUT2D eigenvalue weighted by Gasteiger charge is -2.33. The molecular weight excluding hydrogens is 413 g/mol. The fraction of sp³-hybridized carbons (Fsp3) is 0.450. The summed E-state index contributed by atoms with van der Waals surface area (Å²) in [4.78, 5) is 14.9. The number of ether oxygens (including phenoxy) is 1.